The molecule has 0 heterocycles. The molecule has 0 bridgehead atoms. The fourth-order valence-electron chi connectivity index (χ4n) is 3.26. The van der Waals surface area contributed by atoms with Crippen molar-refractivity contribution >= 4 is 11.6 Å². The molecule has 0 radical (unpaired) electrons. The van der Waals surface area contributed by atoms with Crippen LogP contribution in [0, 0.1) is 11.8 Å². The number of fused-ring (bicyclic) bond motifs is 1. The third-order valence-electron chi connectivity index (χ3n) is 4.93. The predicted octanol–water partition coefficient (Wildman–Crippen LogP) is 4.01. The van der Waals surface area contributed by atoms with Crippen molar-refractivity contribution < 1.29 is 24.9 Å². The normalized spacial score (nSPS) is 14.8. The molecule has 0 atom stereocenters. The fraction of sp³-hybridized carbons (Fsp3) is 0.524. The van der Waals surface area contributed by atoms with Gasteiger partial charge in [0.05, 0.1) is 16.7 Å². The van der Waals surface area contributed by atoms with Crippen LogP contribution in [0.5, 0.6) is 11.5 Å². The smallest absolute Gasteiger partial charge is 0.196 e. The molecule has 0 fully saturated rings. The summed E-state index contributed by atoms with van der Waals surface area (Å²) in [5.74, 6) is -1.21. The molecular weight excluding hydrogens is 332 g/mol. The van der Waals surface area contributed by atoms with E-state index in [4.69, 9.17) is 0 Å². The molecule has 0 amide bonds. The van der Waals surface area contributed by atoms with E-state index in [0.717, 1.165) is 6.08 Å². The molecule has 0 aliphatic heterocycles. The van der Waals surface area contributed by atoms with Crippen LogP contribution in [0.3, 0.4) is 0 Å². The Bertz CT molecular complexity index is 731. The van der Waals surface area contributed by atoms with E-state index in [9.17, 15) is 24.9 Å². The van der Waals surface area contributed by atoms with Gasteiger partial charge in [0, 0.05) is 5.57 Å². The van der Waals surface area contributed by atoms with Crippen molar-refractivity contribution in [1.29, 1.82) is 0 Å². The summed E-state index contributed by atoms with van der Waals surface area (Å²) in [5.41, 5.74) is -1.84. The van der Waals surface area contributed by atoms with Crippen molar-refractivity contribution in [3.05, 3.63) is 34.9 Å². The zero-order valence-electron chi connectivity index (χ0n) is 15.9. The third-order valence-corrected chi connectivity index (χ3v) is 4.93. The summed E-state index contributed by atoms with van der Waals surface area (Å²) in [6.45, 7) is 8.13. The Kier molecular flexibility index (Phi) is 5.91. The number of hydrogen-bond acceptors (Lipinski definition) is 5. The molecule has 5 nitrogen and oxygen atoms in total. The van der Waals surface area contributed by atoms with Crippen LogP contribution in [0.2, 0.25) is 0 Å². The van der Waals surface area contributed by atoms with Crippen LogP contribution in [0.25, 0.3) is 0 Å². The highest BCUT2D eigenvalue weighted by molar-refractivity contribution is 6.27. The van der Waals surface area contributed by atoms with Gasteiger partial charge in [0.1, 0.15) is 11.5 Å². The summed E-state index contributed by atoms with van der Waals surface area (Å²) >= 11 is 0. The van der Waals surface area contributed by atoms with Gasteiger partial charge in [-0.3, -0.25) is 9.59 Å². The van der Waals surface area contributed by atoms with Gasteiger partial charge in [0.15, 0.2) is 11.6 Å². The number of ketones is 2. The first kappa shape index (κ1) is 20.2. The van der Waals surface area contributed by atoms with Gasteiger partial charge in [-0.25, -0.2) is 0 Å². The number of aromatic hydroxyl groups is 2. The van der Waals surface area contributed by atoms with Crippen LogP contribution >= 0.6 is 0 Å². The maximum Gasteiger partial charge on any atom is 0.196 e. The predicted molar refractivity (Wildman–Crippen MR) is 99.6 cm³/mol. The van der Waals surface area contributed by atoms with Gasteiger partial charge in [-0.1, -0.05) is 27.7 Å². The highest BCUT2D eigenvalue weighted by Crippen LogP contribution is 2.40. The molecule has 1 aliphatic rings. The van der Waals surface area contributed by atoms with Crippen LogP contribution in [0.1, 0.15) is 74.1 Å². The molecule has 2 rings (SSSR count). The van der Waals surface area contributed by atoms with Crippen molar-refractivity contribution in [3.63, 3.8) is 0 Å². The number of aliphatic hydroxyl groups is 1. The molecule has 0 unspecified atom stereocenters. The minimum absolute atomic E-state index is 0.0113. The van der Waals surface area contributed by atoms with Crippen LogP contribution in [0.4, 0.5) is 0 Å². The van der Waals surface area contributed by atoms with E-state index in [0.29, 0.717) is 37.5 Å². The summed E-state index contributed by atoms with van der Waals surface area (Å²) < 4.78 is 0. The molecule has 0 saturated carbocycles. The van der Waals surface area contributed by atoms with Gasteiger partial charge < -0.3 is 15.3 Å². The van der Waals surface area contributed by atoms with Gasteiger partial charge in [0.25, 0.3) is 0 Å². The molecule has 1 aliphatic carbocycles. The zero-order chi connectivity index (χ0) is 19.6. The van der Waals surface area contributed by atoms with E-state index < -0.39 is 17.2 Å². The number of benzene rings is 1. The molecule has 26 heavy (non-hydrogen) atoms. The van der Waals surface area contributed by atoms with E-state index in [1.807, 2.05) is 27.7 Å². The lowest BCUT2D eigenvalue weighted by Gasteiger charge is -2.33. The lowest BCUT2D eigenvalue weighted by Crippen LogP contribution is -2.38. The van der Waals surface area contributed by atoms with E-state index in [-0.39, 0.29) is 28.2 Å². The minimum atomic E-state index is -1.43. The summed E-state index contributed by atoms with van der Waals surface area (Å²) in [6.07, 6.45) is 3.25. The van der Waals surface area contributed by atoms with E-state index in [1.165, 1.54) is 12.1 Å². The lowest BCUT2D eigenvalue weighted by molar-refractivity contribution is 0.0432. The van der Waals surface area contributed by atoms with Crippen molar-refractivity contribution in [1.82, 2.24) is 0 Å². The molecule has 0 saturated heterocycles. The number of hydrogen-bond donors (Lipinski definition) is 3. The van der Waals surface area contributed by atoms with Gasteiger partial charge in [-0.2, -0.15) is 0 Å². The summed E-state index contributed by atoms with van der Waals surface area (Å²) in [7, 11) is 0. The van der Waals surface area contributed by atoms with Gasteiger partial charge in [-0.05, 0) is 55.7 Å². The number of phenols is 2. The minimum Gasteiger partial charge on any atom is -0.507 e. The number of rotatable bonds is 7. The largest absolute Gasteiger partial charge is 0.507 e. The van der Waals surface area contributed by atoms with Gasteiger partial charge in [0.2, 0.25) is 0 Å². The fourth-order valence-corrected chi connectivity index (χ4v) is 3.26. The van der Waals surface area contributed by atoms with Crippen molar-refractivity contribution in [2.45, 2.75) is 59.0 Å². The average molecular weight is 360 g/mol. The highest BCUT2D eigenvalue weighted by atomic mass is 16.3. The maximum atomic E-state index is 13.0. The van der Waals surface area contributed by atoms with Crippen LogP contribution < -0.4 is 0 Å². The van der Waals surface area contributed by atoms with Crippen LogP contribution in [-0.4, -0.2) is 32.5 Å². The zero-order valence-corrected chi connectivity index (χ0v) is 15.9. The first-order chi connectivity index (χ1) is 12.1. The Morgan fingerprint density at radius 2 is 1.35 bits per heavy atom. The Balaban J connectivity index is 2.50. The molecule has 1 aromatic carbocycles. The quantitative estimate of drug-likeness (QED) is 0.639. The number of Topliss-reactive ketones (excluding diaryl/α,β-unsaturated/α-hetero) is 1. The van der Waals surface area contributed by atoms with Crippen molar-refractivity contribution in [2.24, 2.45) is 11.8 Å². The summed E-state index contributed by atoms with van der Waals surface area (Å²) in [5, 5.41) is 31.4. The SMILES string of the molecule is CC(C)CCC(O)(CCC(C)C)C1=CC(=O)c2c(O)ccc(O)c2C1=O. The summed E-state index contributed by atoms with van der Waals surface area (Å²) in [6, 6.07) is 2.37. The second kappa shape index (κ2) is 7.62. The van der Waals surface area contributed by atoms with E-state index in [1.54, 1.807) is 0 Å². The number of phenolic OH excluding ortho intramolecular Hbond substituents is 2. The molecule has 5 heteroatoms. The molecule has 0 spiro atoms. The van der Waals surface area contributed by atoms with E-state index in [2.05, 4.69) is 0 Å². The highest BCUT2D eigenvalue weighted by Gasteiger charge is 2.41. The number of carbonyl (C=O) groups excluding carboxylic acids is 2. The Labute approximate surface area is 154 Å². The van der Waals surface area contributed by atoms with Crippen LogP contribution in [-0.2, 0) is 0 Å². The standard InChI is InChI=1S/C21H28O5/c1-12(2)7-9-21(26,10-8-13(3)4)14-11-17(24)18-15(22)5-6-16(23)19(18)20(14)25/h5-6,11-13,22-23,26H,7-10H2,1-4H3. The number of carbonyl (C=O) groups is 2. The molecule has 1 aromatic rings. The maximum absolute atomic E-state index is 13.0. The molecular formula is C21H28O5. The Morgan fingerprint density at radius 1 is 0.885 bits per heavy atom. The molecule has 3 N–H and O–H groups in total. The third kappa shape index (κ3) is 3.98. The Hall–Kier alpha value is -2.14. The Morgan fingerprint density at radius 3 is 1.81 bits per heavy atom. The number of allylic oxidation sites excluding steroid dienone is 1. The lowest BCUT2D eigenvalue weighted by atomic mass is 9.74. The second-order valence-electron chi connectivity index (χ2n) is 8.00. The first-order valence-electron chi connectivity index (χ1n) is 9.15. The van der Waals surface area contributed by atoms with Crippen molar-refractivity contribution in [3.8, 4) is 11.5 Å². The second-order valence-corrected chi connectivity index (χ2v) is 8.00. The van der Waals surface area contributed by atoms with Crippen LogP contribution in [0.15, 0.2) is 23.8 Å². The molecule has 0 aromatic heterocycles. The summed E-state index contributed by atoms with van der Waals surface area (Å²) in [4.78, 5) is 25.5. The average Bonchev–Trinajstić information content (AvgIpc) is 2.56. The molecule has 142 valence electrons. The van der Waals surface area contributed by atoms with Gasteiger partial charge >= 0.3 is 0 Å². The topological polar surface area (TPSA) is 94.8 Å². The van der Waals surface area contributed by atoms with Gasteiger partial charge in [-0.15, -0.1) is 0 Å². The first-order valence-corrected chi connectivity index (χ1v) is 9.15. The monoisotopic (exact) mass is 360 g/mol. The van der Waals surface area contributed by atoms with E-state index >= 15 is 0 Å². The van der Waals surface area contributed by atoms with Crippen molar-refractivity contribution in [2.75, 3.05) is 0 Å².